The van der Waals surface area contributed by atoms with Crippen LogP contribution in [0.2, 0.25) is 0 Å². The van der Waals surface area contributed by atoms with E-state index in [1.54, 1.807) is 18.0 Å². The van der Waals surface area contributed by atoms with Crippen LogP contribution in [0.15, 0.2) is 41.6 Å². The second-order valence-corrected chi connectivity index (χ2v) is 12.5. The van der Waals surface area contributed by atoms with Crippen LogP contribution in [0.4, 0.5) is 0 Å². The van der Waals surface area contributed by atoms with Crippen LogP contribution < -0.4 is 0 Å². The van der Waals surface area contributed by atoms with Gasteiger partial charge in [0, 0.05) is 48.6 Å². The largest absolute Gasteiger partial charge is 0.507 e. The molecule has 1 heterocycles. The van der Waals surface area contributed by atoms with E-state index in [-0.39, 0.29) is 10.8 Å². The molecule has 2 N–H and O–H groups in total. The summed E-state index contributed by atoms with van der Waals surface area (Å²) in [7, 11) is 1.99. The Hall–Kier alpha value is -2.44. The van der Waals surface area contributed by atoms with Crippen molar-refractivity contribution in [2.75, 3.05) is 6.26 Å². The second-order valence-electron chi connectivity index (χ2n) is 11.6. The fourth-order valence-electron chi connectivity index (χ4n) is 4.31. The Morgan fingerprint density at radius 3 is 2.03 bits per heavy atom. The van der Waals surface area contributed by atoms with Gasteiger partial charge < -0.3 is 14.8 Å². The molecule has 3 aromatic rings. The first-order valence-electron chi connectivity index (χ1n) is 12.1. The van der Waals surface area contributed by atoms with Crippen molar-refractivity contribution < 1.29 is 10.2 Å². The van der Waals surface area contributed by atoms with Crippen LogP contribution in [0, 0.1) is 6.92 Å². The highest BCUT2D eigenvalue weighted by Gasteiger charge is 2.26. The summed E-state index contributed by atoms with van der Waals surface area (Å²) >= 11 is 1.55. The van der Waals surface area contributed by atoms with E-state index < -0.39 is 0 Å². The number of rotatable bonds is 7. The number of hydrogen-bond donors (Lipinski definition) is 2. The van der Waals surface area contributed by atoms with Gasteiger partial charge in [-0.3, -0.25) is 4.90 Å². The molecule has 190 valence electrons. The Labute approximate surface area is 215 Å². The van der Waals surface area contributed by atoms with E-state index in [4.69, 9.17) is 0 Å². The van der Waals surface area contributed by atoms with Gasteiger partial charge in [-0.2, -0.15) is 0 Å². The second kappa shape index (κ2) is 10.3. The number of nitrogens with zero attached hydrogens (tertiary/aromatic N) is 3. The van der Waals surface area contributed by atoms with Crippen molar-refractivity contribution >= 4 is 11.8 Å². The summed E-state index contributed by atoms with van der Waals surface area (Å²) in [6, 6.07) is 8.35. The quantitative estimate of drug-likeness (QED) is 0.359. The first kappa shape index (κ1) is 27.2. The number of phenols is 2. The average molecular weight is 496 g/mol. The van der Waals surface area contributed by atoms with Gasteiger partial charge in [0.1, 0.15) is 17.3 Å². The SMILES string of the molecule is CSc1cc(C)cc(CN(Cc2cc(C(C)(C)C)cc(C(C)(C)C)c2O)Cc2nccn2C)c1O. The molecule has 0 unspecified atom stereocenters. The predicted molar refractivity (Wildman–Crippen MR) is 146 cm³/mol. The molecule has 0 spiro atoms. The molecule has 1 aromatic heterocycles. The third-order valence-electron chi connectivity index (χ3n) is 6.45. The van der Waals surface area contributed by atoms with E-state index in [1.165, 1.54) is 5.56 Å². The highest BCUT2D eigenvalue weighted by atomic mass is 32.2. The molecule has 0 fully saturated rings. The molecule has 35 heavy (non-hydrogen) atoms. The summed E-state index contributed by atoms with van der Waals surface area (Å²) in [5, 5.41) is 22.3. The highest BCUT2D eigenvalue weighted by Crippen LogP contribution is 2.39. The zero-order valence-electron chi connectivity index (χ0n) is 22.7. The summed E-state index contributed by atoms with van der Waals surface area (Å²) in [5.41, 5.74) is 4.82. The third kappa shape index (κ3) is 6.42. The molecule has 0 aliphatic rings. The minimum absolute atomic E-state index is 0.0466. The lowest BCUT2D eigenvalue weighted by atomic mass is 9.79. The molecule has 0 bridgehead atoms. The molecular weight excluding hydrogens is 454 g/mol. The number of hydrogen-bond acceptors (Lipinski definition) is 5. The lowest BCUT2D eigenvalue weighted by Gasteiger charge is -2.30. The molecular formula is C29H41N3O2S. The van der Waals surface area contributed by atoms with Gasteiger partial charge in [-0.25, -0.2) is 4.98 Å². The van der Waals surface area contributed by atoms with E-state index in [1.807, 2.05) is 36.2 Å². The maximum Gasteiger partial charge on any atom is 0.133 e. The molecule has 6 heteroatoms. The molecule has 3 rings (SSSR count). The fourth-order valence-corrected chi connectivity index (χ4v) is 4.94. The van der Waals surface area contributed by atoms with Crippen LogP contribution in [-0.2, 0) is 37.5 Å². The zero-order valence-corrected chi connectivity index (χ0v) is 23.5. The van der Waals surface area contributed by atoms with Crippen molar-refractivity contribution in [1.82, 2.24) is 14.5 Å². The van der Waals surface area contributed by atoms with Crippen LogP contribution in [-0.4, -0.2) is 30.9 Å². The lowest BCUT2D eigenvalue weighted by molar-refractivity contribution is 0.231. The molecule has 5 nitrogen and oxygen atoms in total. The molecule has 0 amide bonds. The number of phenolic OH excluding ortho intramolecular Hbond substituents is 2. The summed E-state index contributed by atoms with van der Waals surface area (Å²) in [6.07, 6.45) is 5.73. The van der Waals surface area contributed by atoms with Gasteiger partial charge in [0.05, 0.1) is 6.54 Å². The number of aromatic nitrogens is 2. The Morgan fingerprint density at radius 2 is 1.51 bits per heavy atom. The van der Waals surface area contributed by atoms with E-state index >= 15 is 0 Å². The molecule has 0 saturated carbocycles. The molecule has 0 saturated heterocycles. The molecule has 0 radical (unpaired) electrons. The van der Waals surface area contributed by atoms with Gasteiger partial charge in [-0.05, 0) is 46.8 Å². The number of thioether (sulfide) groups is 1. The lowest BCUT2D eigenvalue weighted by Crippen LogP contribution is -2.25. The Morgan fingerprint density at radius 1 is 0.886 bits per heavy atom. The zero-order chi connectivity index (χ0) is 26.1. The van der Waals surface area contributed by atoms with E-state index in [0.717, 1.165) is 33.0 Å². The van der Waals surface area contributed by atoms with Gasteiger partial charge >= 0.3 is 0 Å². The van der Waals surface area contributed by atoms with Crippen LogP contribution in [0.25, 0.3) is 0 Å². The van der Waals surface area contributed by atoms with E-state index in [0.29, 0.717) is 31.1 Å². The molecule has 2 aromatic carbocycles. The predicted octanol–water partition coefficient (Wildman–Crippen LogP) is 6.66. The van der Waals surface area contributed by atoms with Crippen molar-refractivity contribution in [3.63, 3.8) is 0 Å². The van der Waals surface area contributed by atoms with Gasteiger partial charge in [0.25, 0.3) is 0 Å². The molecule has 0 atom stereocenters. The third-order valence-corrected chi connectivity index (χ3v) is 7.21. The average Bonchev–Trinajstić information content (AvgIpc) is 3.14. The van der Waals surface area contributed by atoms with E-state index in [2.05, 4.69) is 70.5 Å². The van der Waals surface area contributed by atoms with Crippen molar-refractivity contribution in [2.45, 2.75) is 83.8 Å². The first-order chi connectivity index (χ1) is 16.2. The number of benzene rings is 2. The smallest absolute Gasteiger partial charge is 0.133 e. The Balaban J connectivity index is 2.09. The summed E-state index contributed by atoms with van der Waals surface area (Å²) in [6.45, 7) is 16.7. The maximum atomic E-state index is 11.4. The monoisotopic (exact) mass is 495 g/mol. The number of aryl methyl sites for hydroxylation is 2. The van der Waals surface area contributed by atoms with Crippen molar-refractivity contribution in [2.24, 2.45) is 7.05 Å². The van der Waals surface area contributed by atoms with Gasteiger partial charge in [-0.15, -0.1) is 11.8 Å². The first-order valence-corrected chi connectivity index (χ1v) is 13.3. The number of aromatic hydroxyl groups is 2. The standard InChI is InChI=1S/C29H41N3O2S/c1-19-12-20(27(34)24(13-19)35-9)16-32(18-25-30-10-11-31(25)8)17-21-14-22(28(2,3)4)15-23(26(21)33)29(5,6)7/h10-15,33-34H,16-18H2,1-9H3. The van der Waals surface area contributed by atoms with Crippen LogP contribution >= 0.6 is 11.8 Å². The van der Waals surface area contributed by atoms with Crippen LogP contribution in [0.5, 0.6) is 11.5 Å². The summed E-state index contributed by atoms with van der Waals surface area (Å²) < 4.78 is 2.02. The Kier molecular flexibility index (Phi) is 7.97. The van der Waals surface area contributed by atoms with Gasteiger partial charge in [0.2, 0.25) is 0 Å². The minimum atomic E-state index is -0.188. The summed E-state index contributed by atoms with van der Waals surface area (Å²) in [5.74, 6) is 1.62. The van der Waals surface area contributed by atoms with Gasteiger partial charge in [0.15, 0.2) is 0 Å². The van der Waals surface area contributed by atoms with E-state index in [9.17, 15) is 10.2 Å². The fraction of sp³-hybridized carbons (Fsp3) is 0.483. The van der Waals surface area contributed by atoms with Crippen molar-refractivity contribution in [1.29, 1.82) is 0 Å². The van der Waals surface area contributed by atoms with Crippen molar-refractivity contribution in [3.8, 4) is 11.5 Å². The highest BCUT2D eigenvalue weighted by molar-refractivity contribution is 7.98. The number of imidazole rings is 1. The maximum absolute atomic E-state index is 11.4. The van der Waals surface area contributed by atoms with Crippen molar-refractivity contribution in [3.05, 3.63) is 70.3 Å². The van der Waals surface area contributed by atoms with Crippen LogP contribution in [0.3, 0.4) is 0 Å². The normalized spacial score (nSPS) is 12.5. The van der Waals surface area contributed by atoms with Crippen LogP contribution in [0.1, 0.15) is 75.2 Å². The minimum Gasteiger partial charge on any atom is -0.507 e. The molecule has 0 aliphatic heterocycles. The topological polar surface area (TPSA) is 61.5 Å². The summed E-state index contributed by atoms with van der Waals surface area (Å²) in [4.78, 5) is 7.66. The van der Waals surface area contributed by atoms with Gasteiger partial charge in [-0.1, -0.05) is 59.7 Å². The Bertz CT molecular complexity index is 1190. The molecule has 0 aliphatic carbocycles.